The Morgan fingerprint density at radius 3 is 2.52 bits per heavy atom. The number of sulfonamides is 1. The molecule has 0 bridgehead atoms. The Morgan fingerprint density at radius 1 is 1.10 bits per heavy atom. The maximum Gasteiger partial charge on any atom is 0.268 e. The van der Waals surface area contributed by atoms with Gasteiger partial charge in [0, 0.05) is 31.1 Å². The van der Waals surface area contributed by atoms with Gasteiger partial charge in [-0.1, -0.05) is 18.2 Å². The van der Waals surface area contributed by atoms with Gasteiger partial charge < -0.3 is 14.6 Å². The third-order valence-corrected chi connectivity index (χ3v) is 5.48. The van der Waals surface area contributed by atoms with Gasteiger partial charge in [-0.2, -0.15) is 0 Å². The molecule has 2 amide bonds. The molecule has 0 unspecified atom stereocenters. The predicted molar refractivity (Wildman–Crippen MR) is 108 cm³/mol. The lowest BCUT2D eigenvalue weighted by molar-refractivity contribution is -0.114. The van der Waals surface area contributed by atoms with Crippen LogP contribution in [0.4, 0.5) is 5.69 Å². The largest absolute Gasteiger partial charge is 0.495 e. The number of hydrogen-bond donors (Lipinski definition) is 3. The van der Waals surface area contributed by atoms with Crippen LogP contribution in [-0.4, -0.2) is 31.9 Å². The zero-order valence-electron chi connectivity index (χ0n) is 16.0. The molecule has 9 nitrogen and oxygen atoms in total. The Kier molecular flexibility index (Phi) is 5.57. The fraction of sp³-hybridized carbons (Fsp3) is 0.158. The number of nitrogens with one attached hydrogen (secondary N) is 3. The molecule has 0 aliphatic rings. The number of rotatable bonds is 6. The molecular formula is C19H20N4O5S. The van der Waals surface area contributed by atoms with E-state index in [0.717, 1.165) is 5.52 Å². The van der Waals surface area contributed by atoms with E-state index in [-0.39, 0.29) is 16.5 Å². The first-order valence-electron chi connectivity index (χ1n) is 8.55. The van der Waals surface area contributed by atoms with Gasteiger partial charge in [0.1, 0.15) is 5.75 Å². The Morgan fingerprint density at radius 2 is 1.83 bits per heavy atom. The monoisotopic (exact) mass is 416 g/mol. The number of aromatic nitrogens is 1. The lowest BCUT2D eigenvalue weighted by Gasteiger charge is -2.12. The first kappa shape index (κ1) is 20.4. The van der Waals surface area contributed by atoms with Gasteiger partial charge in [0.2, 0.25) is 5.91 Å². The summed E-state index contributed by atoms with van der Waals surface area (Å²) in [6.07, 6.45) is 1.62. The van der Waals surface area contributed by atoms with Crippen molar-refractivity contribution in [1.29, 1.82) is 0 Å². The standard InChI is InChI=1S/C19H20N4O5S/c1-12(24)20-16-10-13(8-9-18(16)28-3)29(26,27)22-21-19(25)15-11-23(2)17-7-5-4-6-14(15)17/h4-11,22H,1-3H3,(H,20,24)(H,21,25). The van der Waals surface area contributed by atoms with Crippen LogP contribution in [0.1, 0.15) is 17.3 Å². The second-order valence-corrected chi connectivity index (χ2v) is 7.96. The molecule has 1 heterocycles. The minimum atomic E-state index is -4.09. The molecule has 2 aromatic carbocycles. The number of anilines is 1. The van der Waals surface area contributed by atoms with Crippen LogP contribution in [0.3, 0.4) is 0 Å². The maximum absolute atomic E-state index is 12.6. The van der Waals surface area contributed by atoms with E-state index in [1.807, 2.05) is 12.1 Å². The van der Waals surface area contributed by atoms with E-state index >= 15 is 0 Å². The van der Waals surface area contributed by atoms with Crippen LogP contribution in [0, 0.1) is 0 Å². The van der Waals surface area contributed by atoms with Crippen LogP contribution in [0.5, 0.6) is 5.75 Å². The number of nitrogens with zero attached hydrogens (tertiary/aromatic N) is 1. The Bertz CT molecular complexity index is 1200. The van der Waals surface area contributed by atoms with Crippen LogP contribution < -0.4 is 20.3 Å². The van der Waals surface area contributed by atoms with Crippen molar-refractivity contribution in [1.82, 2.24) is 14.8 Å². The molecule has 3 aromatic rings. The van der Waals surface area contributed by atoms with E-state index in [2.05, 4.69) is 15.6 Å². The van der Waals surface area contributed by atoms with Crippen LogP contribution in [0.25, 0.3) is 10.9 Å². The summed E-state index contributed by atoms with van der Waals surface area (Å²) in [4.78, 5) is 25.8. The van der Waals surface area contributed by atoms with Gasteiger partial charge in [0.25, 0.3) is 15.9 Å². The minimum absolute atomic E-state index is 0.153. The highest BCUT2D eigenvalue weighted by atomic mass is 32.2. The highest BCUT2D eigenvalue weighted by molar-refractivity contribution is 7.89. The summed E-state index contributed by atoms with van der Waals surface area (Å²) in [5.41, 5.74) is 3.60. The van der Waals surface area contributed by atoms with Crippen molar-refractivity contribution in [3.8, 4) is 5.75 Å². The molecule has 0 aliphatic carbocycles. The van der Waals surface area contributed by atoms with Crippen LogP contribution in [0.15, 0.2) is 53.6 Å². The quantitative estimate of drug-likeness (QED) is 0.529. The first-order valence-corrected chi connectivity index (χ1v) is 10.0. The molecule has 0 atom stereocenters. The van der Waals surface area contributed by atoms with Crippen molar-refractivity contribution in [2.75, 3.05) is 12.4 Å². The van der Waals surface area contributed by atoms with E-state index in [1.54, 1.807) is 29.9 Å². The number of ether oxygens (including phenoxy) is 1. The van der Waals surface area contributed by atoms with E-state index < -0.39 is 15.9 Å². The van der Waals surface area contributed by atoms with E-state index in [0.29, 0.717) is 16.7 Å². The molecular weight excluding hydrogens is 396 g/mol. The van der Waals surface area contributed by atoms with Crippen molar-refractivity contribution < 1.29 is 22.7 Å². The molecule has 0 fully saturated rings. The lowest BCUT2D eigenvalue weighted by Crippen LogP contribution is -2.41. The predicted octanol–water partition coefficient (Wildman–Crippen LogP) is 1.77. The van der Waals surface area contributed by atoms with Gasteiger partial charge in [-0.15, -0.1) is 4.83 Å². The van der Waals surface area contributed by atoms with Gasteiger partial charge >= 0.3 is 0 Å². The average molecular weight is 416 g/mol. The minimum Gasteiger partial charge on any atom is -0.495 e. The fourth-order valence-corrected chi connectivity index (χ4v) is 3.77. The van der Waals surface area contributed by atoms with E-state index in [4.69, 9.17) is 4.74 Å². The number of para-hydroxylation sites is 1. The highest BCUT2D eigenvalue weighted by Crippen LogP contribution is 2.27. The van der Waals surface area contributed by atoms with Gasteiger partial charge in [-0.25, -0.2) is 8.42 Å². The zero-order valence-corrected chi connectivity index (χ0v) is 16.8. The van der Waals surface area contributed by atoms with Crippen molar-refractivity contribution in [3.05, 3.63) is 54.2 Å². The van der Waals surface area contributed by atoms with Crippen LogP contribution in [0.2, 0.25) is 0 Å². The molecule has 0 spiro atoms. The normalized spacial score (nSPS) is 11.3. The van der Waals surface area contributed by atoms with Crippen molar-refractivity contribution in [2.24, 2.45) is 7.05 Å². The van der Waals surface area contributed by atoms with Gasteiger partial charge in [0.15, 0.2) is 0 Å². The molecule has 10 heteroatoms. The molecule has 3 rings (SSSR count). The Balaban J connectivity index is 1.82. The number of benzene rings is 2. The zero-order chi connectivity index (χ0) is 21.2. The smallest absolute Gasteiger partial charge is 0.268 e. The molecule has 1 aromatic heterocycles. The summed E-state index contributed by atoms with van der Waals surface area (Å²) >= 11 is 0. The third kappa shape index (κ3) is 4.23. The first-order chi connectivity index (χ1) is 13.7. The maximum atomic E-state index is 12.6. The summed E-state index contributed by atoms with van der Waals surface area (Å²) in [6.45, 7) is 1.29. The number of carbonyl (C=O) groups is 2. The SMILES string of the molecule is COc1ccc(S(=O)(=O)NNC(=O)c2cn(C)c3ccccc23)cc1NC(C)=O. The molecule has 0 saturated carbocycles. The summed E-state index contributed by atoms with van der Waals surface area (Å²) < 4.78 is 32.1. The Hall–Kier alpha value is -3.37. The molecule has 152 valence electrons. The van der Waals surface area contributed by atoms with Crippen molar-refractivity contribution >= 4 is 38.4 Å². The fourth-order valence-electron chi connectivity index (χ4n) is 2.90. The van der Waals surface area contributed by atoms with Gasteiger partial charge in [0.05, 0.1) is 23.3 Å². The van der Waals surface area contributed by atoms with Crippen LogP contribution in [-0.2, 0) is 21.9 Å². The number of aryl methyl sites for hydroxylation is 1. The lowest BCUT2D eigenvalue weighted by atomic mass is 10.2. The molecule has 3 N–H and O–H groups in total. The molecule has 0 aliphatic heterocycles. The molecule has 0 radical (unpaired) electrons. The van der Waals surface area contributed by atoms with Gasteiger partial charge in [-0.3, -0.25) is 15.0 Å². The van der Waals surface area contributed by atoms with Gasteiger partial charge in [-0.05, 0) is 24.3 Å². The second-order valence-electron chi connectivity index (χ2n) is 6.27. The summed E-state index contributed by atoms with van der Waals surface area (Å²) in [5.74, 6) is -0.671. The second kappa shape index (κ2) is 7.94. The third-order valence-electron chi connectivity index (χ3n) is 4.23. The topological polar surface area (TPSA) is 119 Å². The number of hydrogen-bond acceptors (Lipinski definition) is 5. The van der Waals surface area contributed by atoms with Crippen molar-refractivity contribution in [3.63, 3.8) is 0 Å². The van der Waals surface area contributed by atoms with Crippen molar-refractivity contribution in [2.45, 2.75) is 11.8 Å². The van der Waals surface area contributed by atoms with E-state index in [1.165, 1.54) is 32.2 Å². The number of carbonyl (C=O) groups excluding carboxylic acids is 2. The number of amides is 2. The molecule has 29 heavy (non-hydrogen) atoms. The summed E-state index contributed by atoms with van der Waals surface area (Å²) in [6, 6.07) is 11.2. The number of fused-ring (bicyclic) bond motifs is 1. The summed E-state index contributed by atoms with van der Waals surface area (Å²) in [5, 5.41) is 3.20. The average Bonchev–Trinajstić information content (AvgIpc) is 3.03. The number of hydrazine groups is 1. The highest BCUT2D eigenvalue weighted by Gasteiger charge is 2.20. The molecule has 0 saturated heterocycles. The van der Waals surface area contributed by atoms with Crippen LogP contribution >= 0.6 is 0 Å². The van der Waals surface area contributed by atoms with E-state index in [9.17, 15) is 18.0 Å². The Labute approximate surface area is 167 Å². The number of methoxy groups -OCH3 is 1. The summed E-state index contributed by atoms with van der Waals surface area (Å²) in [7, 11) is -0.893.